The van der Waals surface area contributed by atoms with Crippen LogP contribution in [0, 0.1) is 5.82 Å². The smallest absolute Gasteiger partial charge is 0.255 e. The van der Waals surface area contributed by atoms with Crippen molar-refractivity contribution in [2.24, 2.45) is 0 Å². The molecule has 0 saturated carbocycles. The van der Waals surface area contributed by atoms with Crippen molar-refractivity contribution in [1.29, 1.82) is 0 Å². The Bertz CT molecular complexity index is 1220. The number of fused-ring (bicyclic) bond motifs is 1. The van der Waals surface area contributed by atoms with Gasteiger partial charge in [0.2, 0.25) is 0 Å². The number of phenolic OH excluding ortho intramolecular Hbond substituents is 1. The molecule has 0 aliphatic rings. The Balaban J connectivity index is 1.52. The number of hydrogen-bond acceptors (Lipinski definition) is 5. The van der Waals surface area contributed by atoms with Crippen LogP contribution in [0.15, 0.2) is 73.1 Å². The monoisotopic (exact) mass is 402 g/mol. The number of aromatic nitrogens is 2. The van der Waals surface area contributed by atoms with Crippen LogP contribution in [0.5, 0.6) is 5.75 Å². The molecule has 0 aliphatic heterocycles. The van der Waals surface area contributed by atoms with Crippen molar-refractivity contribution >= 4 is 28.3 Å². The van der Waals surface area contributed by atoms with Crippen LogP contribution in [0.3, 0.4) is 0 Å². The number of nitrogens with one attached hydrogen (secondary N) is 2. The number of carbonyl (C=O) groups excluding carboxylic acids is 1. The molecule has 0 radical (unpaired) electrons. The molecule has 0 spiro atoms. The number of para-hydroxylation sites is 1. The zero-order valence-electron chi connectivity index (χ0n) is 16.1. The van der Waals surface area contributed by atoms with Gasteiger partial charge >= 0.3 is 0 Å². The molecular weight excluding hydrogens is 383 g/mol. The third-order valence-corrected chi connectivity index (χ3v) is 4.75. The molecule has 30 heavy (non-hydrogen) atoms. The molecule has 6 nitrogen and oxygen atoms in total. The van der Waals surface area contributed by atoms with Crippen molar-refractivity contribution in [3.63, 3.8) is 0 Å². The van der Waals surface area contributed by atoms with Crippen molar-refractivity contribution in [2.45, 2.75) is 13.0 Å². The lowest BCUT2D eigenvalue weighted by atomic mass is 10.1. The maximum absolute atomic E-state index is 13.5. The number of halogens is 1. The van der Waals surface area contributed by atoms with E-state index >= 15 is 0 Å². The summed E-state index contributed by atoms with van der Waals surface area (Å²) in [6.07, 6.45) is 1.52. The summed E-state index contributed by atoms with van der Waals surface area (Å²) >= 11 is 0. The molecule has 1 amide bonds. The van der Waals surface area contributed by atoms with Crippen LogP contribution in [0.4, 0.5) is 15.9 Å². The first-order valence-electron chi connectivity index (χ1n) is 9.37. The second-order valence-corrected chi connectivity index (χ2v) is 6.85. The van der Waals surface area contributed by atoms with Gasteiger partial charge < -0.3 is 15.7 Å². The highest BCUT2D eigenvalue weighted by Crippen LogP contribution is 2.25. The Morgan fingerprint density at radius 1 is 1.03 bits per heavy atom. The van der Waals surface area contributed by atoms with Gasteiger partial charge in [-0.15, -0.1) is 0 Å². The Hall–Kier alpha value is -4.00. The molecule has 7 heteroatoms. The maximum atomic E-state index is 13.5. The van der Waals surface area contributed by atoms with Gasteiger partial charge in [0, 0.05) is 16.6 Å². The molecule has 0 bridgehead atoms. The average molecular weight is 402 g/mol. The third kappa shape index (κ3) is 4.05. The van der Waals surface area contributed by atoms with E-state index in [1.807, 2.05) is 49.4 Å². The molecule has 1 unspecified atom stereocenters. The van der Waals surface area contributed by atoms with E-state index in [1.165, 1.54) is 12.4 Å². The van der Waals surface area contributed by atoms with Crippen LogP contribution >= 0.6 is 0 Å². The summed E-state index contributed by atoms with van der Waals surface area (Å²) in [6, 6.07) is 18.5. The molecule has 1 heterocycles. The van der Waals surface area contributed by atoms with E-state index in [-0.39, 0.29) is 11.6 Å². The number of aromatic hydroxyl groups is 1. The van der Waals surface area contributed by atoms with Crippen molar-refractivity contribution in [3.05, 3.63) is 90.0 Å². The second-order valence-electron chi connectivity index (χ2n) is 6.85. The zero-order chi connectivity index (χ0) is 21.1. The molecule has 3 N–H and O–H groups in total. The fourth-order valence-corrected chi connectivity index (χ4v) is 3.15. The topological polar surface area (TPSA) is 87.1 Å². The van der Waals surface area contributed by atoms with E-state index in [9.17, 15) is 14.3 Å². The van der Waals surface area contributed by atoms with Gasteiger partial charge in [0.15, 0.2) is 11.6 Å². The number of hydrogen-bond donors (Lipinski definition) is 3. The minimum absolute atomic E-state index is 0.0914. The van der Waals surface area contributed by atoms with Crippen LogP contribution < -0.4 is 10.6 Å². The number of amides is 1. The number of benzene rings is 3. The van der Waals surface area contributed by atoms with Crippen molar-refractivity contribution in [3.8, 4) is 5.75 Å². The van der Waals surface area contributed by atoms with Crippen molar-refractivity contribution < 1.29 is 14.3 Å². The Labute approximate surface area is 172 Å². The fraction of sp³-hybridized carbons (Fsp3) is 0.0870. The molecule has 4 rings (SSSR count). The average Bonchev–Trinajstić information content (AvgIpc) is 2.76. The van der Waals surface area contributed by atoms with Gasteiger partial charge in [0.1, 0.15) is 12.1 Å². The van der Waals surface area contributed by atoms with Crippen molar-refractivity contribution in [2.75, 3.05) is 10.6 Å². The highest BCUT2D eigenvalue weighted by Gasteiger charge is 2.12. The quantitative estimate of drug-likeness (QED) is 0.442. The Morgan fingerprint density at radius 3 is 2.70 bits per heavy atom. The van der Waals surface area contributed by atoms with Crippen LogP contribution in [-0.2, 0) is 0 Å². The highest BCUT2D eigenvalue weighted by atomic mass is 19.1. The third-order valence-electron chi connectivity index (χ3n) is 4.75. The van der Waals surface area contributed by atoms with Gasteiger partial charge in [-0.3, -0.25) is 4.79 Å². The number of carbonyl (C=O) groups is 1. The van der Waals surface area contributed by atoms with E-state index in [2.05, 4.69) is 20.6 Å². The minimum Gasteiger partial charge on any atom is -0.505 e. The van der Waals surface area contributed by atoms with Gasteiger partial charge in [-0.2, -0.15) is 0 Å². The van der Waals surface area contributed by atoms with Gasteiger partial charge in [-0.1, -0.05) is 24.3 Å². The molecule has 1 aromatic heterocycles. The summed E-state index contributed by atoms with van der Waals surface area (Å²) in [7, 11) is 0. The first-order valence-corrected chi connectivity index (χ1v) is 9.37. The molecule has 0 aliphatic carbocycles. The van der Waals surface area contributed by atoms with Crippen LogP contribution in [0.25, 0.3) is 10.9 Å². The first kappa shape index (κ1) is 19.3. The molecule has 1 atom stereocenters. The van der Waals surface area contributed by atoms with E-state index < -0.39 is 17.5 Å². The summed E-state index contributed by atoms with van der Waals surface area (Å²) in [5.74, 6) is -1.08. The molecule has 0 fully saturated rings. The number of phenols is 1. The molecular formula is C23H19FN4O2. The predicted octanol–water partition coefficient (Wildman–Crippen LogP) is 4.90. The molecule has 0 saturated heterocycles. The standard InChI is InChI=1S/C23H19FN4O2/c1-14(27-22-18-7-2-3-8-20(18)25-13-26-22)15-5-4-6-17(11-15)28-23(30)16-9-10-21(29)19(24)12-16/h2-14,29H,1H3,(H,28,30)(H,25,26,27). The first-order chi connectivity index (χ1) is 14.5. The fourth-order valence-electron chi connectivity index (χ4n) is 3.15. The molecule has 3 aromatic carbocycles. The van der Waals surface area contributed by atoms with Gasteiger partial charge in [0.05, 0.1) is 11.6 Å². The largest absolute Gasteiger partial charge is 0.505 e. The zero-order valence-corrected chi connectivity index (χ0v) is 16.1. The minimum atomic E-state index is -0.841. The SMILES string of the molecule is CC(Nc1ncnc2ccccc12)c1cccc(NC(=O)c2ccc(O)c(F)c2)c1. The Morgan fingerprint density at radius 2 is 1.87 bits per heavy atom. The number of nitrogens with zero attached hydrogens (tertiary/aromatic N) is 2. The lowest BCUT2D eigenvalue weighted by molar-refractivity contribution is 0.102. The lowest BCUT2D eigenvalue weighted by Crippen LogP contribution is -2.13. The van der Waals surface area contributed by atoms with Gasteiger partial charge in [0.25, 0.3) is 5.91 Å². The van der Waals surface area contributed by atoms with Gasteiger partial charge in [-0.05, 0) is 55.0 Å². The second kappa shape index (κ2) is 8.16. The summed E-state index contributed by atoms with van der Waals surface area (Å²) in [5.41, 5.74) is 2.48. The van der Waals surface area contributed by atoms with E-state index in [4.69, 9.17) is 0 Å². The Kier molecular flexibility index (Phi) is 5.26. The summed E-state index contributed by atoms with van der Waals surface area (Å²) in [6.45, 7) is 1.99. The lowest BCUT2D eigenvalue weighted by Gasteiger charge is -2.17. The highest BCUT2D eigenvalue weighted by molar-refractivity contribution is 6.04. The van der Waals surface area contributed by atoms with Gasteiger partial charge in [-0.25, -0.2) is 14.4 Å². The number of rotatable bonds is 5. The van der Waals surface area contributed by atoms with Crippen LogP contribution in [-0.4, -0.2) is 21.0 Å². The molecule has 4 aromatic rings. The summed E-state index contributed by atoms with van der Waals surface area (Å²) in [4.78, 5) is 21.0. The van der Waals surface area contributed by atoms with E-state index in [0.29, 0.717) is 5.69 Å². The predicted molar refractivity (Wildman–Crippen MR) is 114 cm³/mol. The number of anilines is 2. The summed E-state index contributed by atoms with van der Waals surface area (Å²) < 4.78 is 13.5. The van der Waals surface area contributed by atoms with E-state index in [0.717, 1.165) is 34.4 Å². The van der Waals surface area contributed by atoms with Crippen LogP contribution in [0.2, 0.25) is 0 Å². The van der Waals surface area contributed by atoms with E-state index in [1.54, 1.807) is 6.07 Å². The molecule has 150 valence electrons. The maximum Gasteiger partial charge on any atom is 0.255 e. The van der Waals surface area contributed by atoms with Crippen LogP contribution in [0.1, 0.15) is 28.9 Å². The normalized spacial score (nSPS) is 11.8. The van der Waals surface area contributed by atoms with Crippen molar-refractivity contribution in [1.82, 2.24) is 9.97 Å². The summed E-state index contributed by atoms with van der Waals surface area (Å²) in [5, 5.41) is 16.3.